The maximum absolute atomic E-state index is 10.9. The van der Waals surface area contributed by atoms with Gasteiger partial charge in [-0.05, 0) is 37.1 Å². The van der Waals surface area contributed by atoms with Crippen LogP contribution in [0.25, 0.3) is 11.4 Å². The monoisotopic (exact) mass is 409 g/mol. The van der Waals surface area contributed by atoms with E-state index < -0.39 is 4.92 Å². The van der Waals surface area contributed by atoms with Gasteiger partial charge < -0.3 is 14.3 Å². The lowest BCUT2D eigenvalue weighted by molar-refractivity contribution is -0.384. The molecule has 10 heteroatoms. The summed E-state index contributed by atoms with van der Waals surface area (Å²) in [4.78, 5) is 28.2. The number of non-ortho nitro benzene ring substituents is 1. The molecule has 0 atom stereocenters. The number of rotatable bonds is 5. The number of anilines is 2. The second kappa shape index (κ2) is 8.05. The van der Waals surface area contributed by atoms with Crippen LogP contribution < -0.4 is 9.80 Å². The van der Waals surface area contributed by atoms with Crippen LogP contribution >= 0.6 is 0 Å². The van der Waals surface area contributed by atoms with Crippen molar-refractivity contribution in [1.82, 2.24) is 20.1 Å². The third-order valence-corrected chi connectivity index (χ3v) is 5.18. The topological polar surface area (TPSA) is 114 Å². The number of nitro benzene ring substituents is 1. The van der Waals surface area contributed by atoms with Crippen molar-refractivity contribution in [2.24, 2.45) is 0 Å². The molecular weight excluding hydrogens is 386 g/mol. The summed E-state index contributed by atoms with van der Waals surface area (Å²) >= 11 is 0. The van der Waals surface area contributed by atoms with Gasteiger partial charge in [0.05, 0.1) is 4.92 Å². The van der Waals surface area contributed by atoms with Crippen LogP contribution in [0.15, 0.2) is 34.9 Å². The molecule has 0 spiro atoms. The molecule has 0 unspecified atom stereocenters. The second-order valence-corrected chi connectivity index (χ2v) is 7.58. The molecular formula is C20H23N7O3. The SMILES string of the molecule is Cc1cc(N2CCC(c3nc(N(C)C)no3)CC2)nc(-c2ccc([N+](=O)[O-])cc2)n1. The first-order valence-corrected chi connectivity index (χ1v) is 9.77. The van der Waals surface area contributed by atoms with Crippen molar-refractivity contribution in [3.05, 3.63) is 52.0 Å². The van der Waals surface area contributed by atoms with Crippen LogP contribution in [-0.2, 0) is 0 Å². The molecule has 3 aromatic rings. The Morgan fingerprint density at radius 3 is 2.43 bits per heavy atom. The molecule has 1 aliphatic rings. The van der Waals surface area contributed by atoms with Gasteiger partial charge in [-0.1, -0.05) is 0 Å². The quantitative estimate of drug-likeness (QED) is 0.463. The van der Waals surface area contributed by atoms with E-state index in [-0.39, 0.29) is 11.6 Å². The molecule has 0 bridgehead atoms. The Bertz CT molecular complexity index is 1040. The smallest absolute Gasteiger partial charge is 0.269 e. The lowest BCUT2D eigenvalue weighted by Gasteiger charge is -2.31. The van der Waals surface area contributed by atoms with E-state index in [4.69, 9.17) is 9.51 Å². The van der Waals surface area contributed by atoms with Crippen molar-refractivity contribution in [3.63, 3.8) is 0 Å². The van der Waals surface area contributed by atoms with Crippen LogP contribution in [-0.4, -0.2) is 52.2 Å². The van der Waals surface area contributed by atoms with Gasteiger partial charge in [-0.25, -0.2) is 9.97 Å². The van der Waals surface area contributed by atoms with Gasteiger partial charge in [0.25, 0.3) is 11.6 Å². The summed E-state index contributed by atoms with van der Waals surface area (Å²) < 4.78 is 5.43. The minimum atomic E-state index is -0.415. The number of aryl methyl sites for hydroxylation is 1. The first-order chi connectivity index (χ1) is 14.4. The zero-order valence-corrected chi connectivity index (χ0v) is 17.1. The minimum absolute atomic E-state index is 0.0483. The van der Waals surface area contributed by atoms with Crippen LogP contribution in [0, 0.1) is 17.0 Å². The van der Waals surface area contributed by atoms with E-state index in [1.165, 1.54) is 12.1 Å². The number of benzene rings is 1. The summed E-state index contributed by atoms with van der Waals surface area (Å²) in [5.41, 5.74) is 1.65. The highest BCUT2D eigenvalue weighted by Crippen LogP contribution is 2.30. The van der Waals surface area contributed by atoms with E-state index in [1.54, 1.807) is 12.1 Å². The van der Waals surface area contributed by atoms with Crippen molar-refractivity contribution >= 4 is 17.5 Å². The zero-order chi connectivity index (χ0) is 21.3. The average Bonchev–Trinajstić information content (AvgIpc) is 3.24. The lowest BCUT2D eigenvalue weighted by atomic mass is 9.97. The Labute approximate surface area is 173 Å². The average molecular weight is 409 g/mol. The Hall–Kier alpha value is -3.56. The van der Waals surface area contributed by atoms with Gasteiger partial charge in [0.2, 0.25) is 5.89 Å². The van der Waals surface area contributed by atoms with Gasteiger partial charge >= 0.3 is 0 Å². The van der Waals surface area contributed by atoms with Crippen LogP contribution in [0.2, 0.25) is 0 Å². The predicted octanol–water partition coefficient (Wildman–Crippen LogP) is 3.19. The van der Waals surface area contributed by atoms with Gasteiger partial charge in [-0.3, -0.25) is 10.1 Å². The Morgan fingerprint density at radius 2 is 1.83 bits per heavy atom. The molecule has 30 heavy (non-hydrogen) atoms. The summed E-state index contributed by atoms with van der Waals surface area (Å²) in [5, 5.41) is 14.9. The molecule has 1 aromatic carbocycles. The fourth-order valence-corrected chi connectivity index (χ4v) is 3.51. The van der Waals surface area contributed by atoms with E-state index in [2.05, 4.69) is 20.0 Å². The van der Waals surface area contributed by atoms with Gasteiger partial charge in [-0.2, -0.15) is 4.98 Å². The normalized spacial score (nSPS) is 14.7. The summed E-state index contributed by atoms with van der Waals surface area (Å²) in [5.74, 6) is 2.93. The predicted molar refractivity (Wildman–Crippen MR) is 112 cm³/mol. The van der Waals surface area contributed by atoms with Gasteiger partial charge in [0, 0.05) is 62.6 Å². The largest absolute Gasteiger partial charge is 0.356 e. The fraction of sp³-hybridized carbons (Fsp3) is 0.400. The van der Waals surface area contributed by atoms with Crippen LogP contribution in [0.3, 0.4) is 0 Å². The van der Waals surface area contributed by atoms with Gasteiger partial charge in [-0.15, -0.1) is 0 Å². The van der Waals surface area contributed by atoms with E-state index in [9.17, 15) is 10.1 Å². The molecule has 4 rings (SSSR count). The van der Waals surface area contributed by atoms with Crippen LogP contribution in [0.1, 0.15) is 30.3 Å². The Balaban J connectivity index is 1.49. The summed E-state index contributed by atoms with van der Waals surface area (Å²) in [6.07, 6.45) is 1.79. The summed E-state index contributed by atoms with van der Waals surface area (Å²) in [6, 6.07) is 8.27. The molecule has 10 nitrogen and oxygen atoms in total. The lowest BCUT2D eigenvalue weighted by Crippen LogP contribution is -2.33. The highest BCUT2D eigenvalue weighted by Gasteiger charge is 2.26. The first-order valence-electron chi connectivity index (χ1n) is 9.77. The maximum Gasteiger partial charge on any atom is 0.269 e. The highest BCUT2D eigenvalue weighted by molar-refractivity contribution is 5.60. The molecule has 2 aromatic heterocycles. The van der Waals surface area contributed by atoms with E-state index in [0.717, 1.165) is 43.0 Å². The molecule has 0 radical (unpaired) electrons. The molecule has 0 amide bonds. The number of nitro groups is 1. The molecule has 1 aliphatic heterocycles. The second-order valence-electron chi connectivity index (χ2n) is 7.58. The van der Waals surface area contributed by atoms with E-state index in [0.29, 0.717) is 17.7 Å². The van der Waals surface area contributed by atoms with Gasteiger partial charge in [0.15, 0.2) is 5.82 Å². The van der Waals surface area contributed by atoms with E-state index in [1.807, 2.05) is 32.0 Å². The number of piperidine rings is 1. The number of hydrogen-bond donors (Lipinski definition) is 0. The molecule has 0 aliphatic carbocycles. The highest BCUT2D eigenvalue weighted by atomic mass is 16.6. The minimum Gasteiger partial charge on any atom is -0.356 e. The van der Waals surface area contributed by atoms with Crippen molar-refractivity contribution in [2.75, 3.05) is 37.0 Å². The first kappa shape index (κ1) is 19.7. The maximum atomic E-state index is 10.9. The molecule has 156 valence electrons. The third kappa shape index (κ3) is 4.07. The van der Waals surface area contributed by atoms with Crippen LogP contribution in [0.5, 0.6) is 0 Å². The van der Waals surface area contributed by atoms with E-state index >= 15 is 0 Å². The number of aromatic nitrogens is 4. The zero-order valence-electron chi connectivity index (χ0n) is 17.1. The Kier molecular flexibility index (Phi) is 5.30. The number of hydrogen-bond acceptors (Lipinski definition) is 9. The standard InChI is InChI=1S/C20H23N7O3/c1-13-12-17(22-18(21-13)14-4-6-16(7-5-14)27(28)29)26-10-8-15(9-11-26)19-23-20(24-30-19)25(2)3/h4-7,12,15H,8-11H2,1-3H3. The molecule has 0 N–H and O–H groups in total. The summed E-state index contributed by atoms with van der Waals surface area (Å²) in [7, 11) is 3.77. The van der Waals surface area contributed by atoms with Crippen molar-refractivity contribution in [1.29, 1.82) is 0 Å². The van der Waals surface area contributed by atoms with Crippen molar-refractivity contribution < 1.29 is 9.45 Å². The molecule has 1 fully saturated rings. The summed E-state index contributed by atoms with van der Waals surface area (Å²) in [6.45, 7) is 3.56. The number of nitrogens with zero attached hydrogens (tertiary/aromatic N) is 7. The van der Waals surface area contributed by atoms with Crippen LogP contribution in [0.4, 0.5) is 17.5 Å². The van der Waals surface area contributed by atoms with Crippen molar-refractivity contribution in [3.8, 4) is 11.4 Å². The van der Waals surface area contributed by atoms with Crippen molar-refractivity contribution in [2.45, 2.75) is 25.7 Å². The fourth-order valence-electron chi connectivity index (χ4n) is 3.51. The molecule has 3 heterocycles. The Morgan fingerprint density at radius 1 is 1.13 bits per heavy atom. The molecule has 0 saturated carbocycles. The molecule has 1 saturated heterocycles. The van der Waals surface area contributed by atoms with Gasteiger partial charge in [0.1, 0.15) is 5.82 Å². The third-order valence-electron chi connectivity index (χ3n) is 5.18.